The molecule has 0 N–H and O–H groups in total. The van der Waals surface area contributed by atoms with Crippen molar-refractivity contribution >= 4 is 11.5 Å². The minimum Gasteiger partial charge on any atom is -0.483 e. The van der Waals surface area contributed by atoms with E-state index < -0.39 is 12.8 Å². The van der Waals surface area contributed by atoms with E-state index in [-0.39, 0.29) is 17.1 Å². The van der Waals surface area contributed by atoms with Crippen LogP contribution < -0.4 is 9.64 Å². The third-order valence-electron chi connectivity index (χ3n) is 3.11. The number of halogens is 3. The van der Waals surface area contributed by atoms with Crippen LogP contribution in [0.3, 0.4) is 0 Å². The van der Waals surface area contributed by atoms with Gasteiger partial charge in [0.1, 0.15) is 5.75 Å². The number of anilines is 1. The highest BCUT2D eigenvalue weighted by molar-refractivity contribution is 5.97. The number of ketones is 1. The molecule has 1 aromatic rings. The van der Waals surface area contributed by atoms with Crippen LogP contribution in [0.5, 0.6) is 5.75 Å². The van der Waals surface area contributed by atoms with Gasteiger partial charge in [-0.05, 0) is 19.1 Å². The van der Waals surface area contributed by atoms with Crippen molar-refractivity contribution in [2.45, 2.75) is 13.1 Å². The van der Waals surface area contributed by atoms with Gasteiger partial charge < -0.3 is 14.4 Å². The lowest BCUT2D eigenvalue weighted by Gasteiger charge is -2.29. The van der Waals surface area contributed by atoms with Gasteiger partial charge in [-0.15, -0.1) is 0 Å². The van der Waals surface area contributed by atoms with E-state index in [1.54, 1.807) is 6.07 Å². The van der Waals surface area contributed by atoms with Gasteiger partial charge in [-0.25, -0.2) is 0 Å². The molecule has 0 unspecified atom stereocenters. The molecule has 0 aromatic heterocycles. The average molecular weight is 303 g/mol. The summed E-state index contributed by atoms with van der Waals surface area (Å²) in [7, 11) is 0. The van der Waals surface area contributed by atoms with Crippen molar-refractivity contribution in [3.63, 3.8) is 0 Å². The molecular weight excluding hydrogens is 287 g/mol. The molecule has 1 saturated heterocycles. The van der Waals surface area contributed by atoms with Crippen LogP contribution in [0, 0.1) is 0 Å². The van der Waals surface area contributed by atoms with Crippen molar-refractivity contribution in [3.05, 3.63) is 23.8 Å². The molecule has 0 saturated carbocycles. The first-order valence-corrected chi connectivity index (χ1v) is 6.54. The number of carbonyl (C=O) groups is 1. The molecule has 7 heteroatoms. The predicted molar refractivity (Wildman–Crippen MR) is 71.0 cm³/mol. The van der Waals surface area contributed by atoms with Crippen LogP contribution in [0.25, 0.3) is 0 Å². The first-order valence-electron chi connectivity index (χ1n) is 6.54. The second kappa shape index (κ2) is 6.34. The predicted octanol–water partition coefficient (Wildman–Crippen LogP) is 2.67. The Morgan fingerprint density at radius 1 is 1.33 bits per heavy atom. The highest BCUT2D eigenvalue weighted by Gasteiger charge is 2.29. The number of hydrogen-bond donors (Lipinski definition) is 0. The molecule has 1 aliphatic rings. The number of alkyl halides is 3. The third kappa shape index (κ3) is 4.35. The van der Waals surface area contributed by atoms with Crippen molar-refractivity contribution in [1.29, 1.82) is 0 Å². The number of Topliss-reactive ketones (excluding diaryl/α,β-unsaturated/α-hetero) is 1. The van der Waals surface area contributed by atoms with E-state index in [0.717, 1.165) is 5.69 Å². The largest absolute Gasteiger partial charge is 0.483 e. The second-order valence-electron chi connectivity index (χ2n) is 4.74. The summed E-state index contributed by atoms with van der Waals surface area (Å²) in [4.78, 5) is 13.5. The fourth-order valence-corrected chi connectivity index (χ4v) is 2.10. The van der Waals surface area contributed by atoms with Gasteiger partial charge in [0.15, 0.2) is 12.4 Å². The van der Waals surface area contributed by atoms with E-state index in [9.17, 15) is 18.0 Å². The maximum atomic E-state index is 12.3. The van der Waals surface area contributed by atoms with Gasteiger partial charge in [-0.1, -0.05) is 0 Å². The number of rotatable bonds is 4. The SMILES string of the molecule is CC(=O)c1ccc(N2CCOCC2)cc1OCC(F)(F)F. The zero-order valence-corrected chi connectivity index (χ0v) is 11.6. The number of hydrogen-bond acceptors (Lipinski definition) is 4. The average Bonchev–Trinajstić information content (AvgIpc) is 2.45. The summed E-state index contributed by atoms with van der Waals surface area (Å²) in [6.07, 6.45) is -4.44. The lowest BCUT2D eigenvalue weighted by atomic mass is 10.1. The molecule has 0 amide bonds. The number of benzene rings is 1. The highest BCUT2D eigenvalue weighted by atomic mass is 19.4. The van der Waals surface area contributed by atoms with Crippen molar-refractivity contribution < 1.29 is 27.4 Å². The summed E-state index contributed by atoms with van der Waals surface area (Å²) in [5.74, 6) is -0.371. The topological polar surface area (TPSA) is 38.8 Å². The standard InChI is InChI=1S/C14H16F3NO3/c1-10(19)12-3-2-11(18-4-6-20-7-5-18)8-13(12)21-9-14(15,16)17/h2-3,8H,4-7,9H2,1H3. The molecule has 1 aliphatic heterocycles. The summed E-state index contributed by atoms with van der Waals surface area (Å²) >= 11 is 0. The summed E-state index contributed by atoms with van der Waals surface area (Å²) in [5.41, 5.74) is 0.872. The maximum Gasteiger partial charge on any atom is 0.422 e. The van der Waals surface area contributed by atoms with E-state index in [4.69, 9.17) is 9.47 Å². The maximum absolute atomic E-state index is 12.3. The molecule has 0 radical (unpaired) electrons. The molecule has 1 aromatic carbocycles. The van der Waals surface area contributed by atoms with Gasteiger partial charge >= 0.3 is 6.18 Å². The van der Waals surface area contributed by atoms with Crippen LogP contribution in [0.4, 0.5) is 18.9 Å². The van der Waals surface area contributed by atoms with Crippen molar-refractivity contribution in [2.75, 3.05) is 37.8 Å². The molecule has 1 heterocycles. The zero-order valence-electron chi connectivity index (χ0n) is 11.6. The fourth-order valence-electron chi connectivity index (χ4n) is 2.10. The molecule has 0 atom stereocenters. The molecule has 0 spiro atoms. The van der Waals surface area contributed by atoms with Crippen LogP contribution in [-0.4, -0.2) is 44.9 Å². The monoisotopic (exact) mass is 303 g/mol. The molecule has 0 bridgehead atoms. The minimum absolute atomic E-state index is 0.0381. The smallest absolute Gasteiger partial charge is 0.422 e. The molecule has 21 heavy (non-hydrogen) atoms. The first kappa shape index (κ1) is 15.6. The summed E-state index contributed by atoms with van der Waals surface area (Å²) in [5, 5.41) is 0. The molecule has 0 aliphatic carbocycles. The molecular formula is C14H16F3NO3. The van der Waals surface area contributed by atoms with Crippen LogP contribution >= 0.6 is 0 Å². The normalized spacial score (nSPS) is 15.9. The van der Waals surface area contributed by atoms with Gasteiger partial charge in [-0.2, -0.15) is 13.2 Å². The number of ether oxygens (including phenoxy) is 2. The fraction of sp³-hybridized carbons (Fsp3) is 0.500. The Morgan fingerprint density at radius 3 is 2.57 bits per heavy atom. The van der Waals surface area contributed by atoms with Gasteiger partial charge in [0.2, 0.25) is 0 Å². The summed E-state index contributed by atoms with van der Waals surface area (Å²) < 4.78 is 46.9. The van der Waals surface area contributed by atoms with Crippen LogP contribution in [0.2, 0.25) is 0 Å². The van der Waals surface area contributed by atoms with Crippen molar-refractivity contribution in [2.24, 2.45) is 0 Å². The Hall–Kier alpha value is -1.76. The molecule has 4 nitrogen and oxygen atoms in total. The zero-order chi connectivity index (χ0) is 15.5. The van der Waals surface area contributed by atoms with E-state index in [0.29, 0.717) is 26.3 Å². The van der Waals surface area contributed by atoms with Crippen molar-refractivity contribution in [1.82, 2.24) is 0 Å². The quantitative estimate of drug-likeness (QED) is 0.802. The summed E-state index contributed by atoms with van der Waals surface area (Å²) in [6.45, 7) is 2.31. The van der Waals surface area contributed by atoms with Crippen molar-refractivity contribution in [3.8, 4) is 5.75 Å². The molecule has 2 rings (SSSR count). The Bertz CT molecular complexity index is 511. The lowest BCUT2D eigenvalue weighted by Crippen LogP contribution is -2.36. The number of carbonyl (C=O) groups excluding carboxylic acids is 1. The van der Waals surface area contributed by atoms with Gasteiger partial charge in [0.25, 0.3) is 0 Å². The minimum atomic E-state index is -4.44. The van der Waals surface area contributed by atoms with E-state index >= 15 is 0 Å². The Balaban J connectivity index is 2.23. The van der Waals surface area contributed by atoms with Crippen LogP contribution in [0.1, 0.15) is 17.3 Å². The second-order valence-corrected chi connectivity index (χ2v) is 4.74. The van der Waals surface area contributed by atoms with E-state index in [1.807, 2.05) is 4.90 Å². The van der Waals surface area contributed by atoms with E-state index in [1.165, 1.54) is 19.1 Å². The van der Waals surface area contributed by atoms with Crippen LogP contribution in [0.15, 0.2) is 18.2 Å². The van der Waals surface area contributed by atoms with Gasteiger partial charge in [0.05, 0.1) is 18.8 Å². The Labute approximate surface area is 120 Å². The Morgan fingerprint density at radius 2 is 2.00 bits per heavy atom. The molecule has 116 valence electrons. The van der Waals surface area contributed by atoms with Crippen LogP contribution in [-0.2, 0) is 4.74 Å². The first-order chi connectivity index (χ1) is 9.87. The lowest BCUT2D eigenvalue weighted by molar-refractivity contribution is -0.153. The third-order valence-corrected chi connectivity index (χ3v) is 3.11. The summed E-state index contributed by atoms with van der Waals surface area (Å²) in [6, 6.07) is 4.69. The highest BCUT2D eigenvalue weighted by Crippen LogP contribution is 2.28. The van der Waals surface area contributed by atoms with E-state index in [2.05, 4.69) is 0 Å². The van der Waals surface area contributed by atoms with Gasteiger partial charge in [0, 0.05) is 24.8 Å². The molecule has 1 fully saturated rings. The van der Waals surface area contributed by atoms with Gasteiger partial charge in [-0.3, -0.25) is 4.79 Å². The number of morpholine rings is 1. The number of nitrogens with zero attached hydrogens (tertiary/aromatic N) is 1. The Kier molecular flexibility index (Phi) is 4.72.